The summed E-state index contributed by atoms with van der Waals surface area (Å²) in [6.45, 7) is 4.71. The molecule has 1 saturated heterocycles. The highest BCUT2D eigenvalue weighted by Crippen LogP contribution is 2.28. The summed E-state index contributed by atoms with van der Waals surface area (Å²) < 4.78 is 5.41. The van der Waals surface area contributed by atoms with Crippen molar-refractivity contribution in [2.45, 2.75) is 52.1 Å². The fraction of sp³-hybridized carbons (Fsp3) is 0.382. The smallest absolute Gasteiger partial charge is 0.261 e. The number of nitrogens with one attached hydrogen (secondary N) is 4. The molecule has 0 spiro atoms. The zero-order valence-corrected chi connectivity index (χ0v) is 25.3. The number of hydrogen-bond acceptors (Lipinski definition) is 6. The van der Waals surface area contributed by atoms with Gasteiger partial charge in [-0.3, -0.25) is 19.2 Å². The van der Waals surface area contributed by atoms with Gasteiger partial charge in [-0.25, -0.2) is 0 Å². The topological polar surface area (TPSA) is 153 Å². The Morgan fingerprint density at radius 2 is 1.91 bits per heavy atom. The Morgan fingerprint density at radius 3 is 2.57 bits per heavy atom. The number of H-pyrrole nitrogens is 1. The molecule has 3 aromatic rings. The summed E-state index contributed by atoms with van der Waals surface area (Å²) in [7, 11) is 1.57. The Hall–Kier alpha value is -4.91. The van der Waals surface area contributed by atoms with Crippen LogP contribution in [-0.2, 0) is 20.9 Å². The molecule has 1 aliphatic heterocycles. The number of hydrogen-bond donors (Lipinski definition) is 4. The van der Waals surface area contributed by atoms with Gasteiger partial charge in [0, 0.05) is 48.3 Å². The molecule has 1 aromatic heterocycles. The first kappa shape index (κ1) is 32.0. The zero-order chi connectivity index (χ0) is 31.6. The van der Waals surface area contributed by atoms with Gasteiger partial charge in [0.25, 0.3) is 5.91 Å². The van der Waals surface area contributed by atoms with E-state index in [4.69, 9.17) is 4.74 Å². The first-order valence-corrected chi connectivity index (χ1v) is 14.9. The molecule has 10 heteroatoms. The first-order valence-electron chi connectivity index (χ1n) is 14.9. The van der Waals surface area contributed by atoms with E-state index in [0.29, 0.717) is 30.8 Å². The Morgan fingerprint density at radius 1 is 1.14 bits per heavy atom. The Balaban J connectivity index is 1.53. The second kappa shape index (κ2) is 15.0. The predicted octanol–water partition coefficient (Wildman–Crippen LogP) is 4.19. The van der Waals surface area contributed by atoms with Gasteiger partial charge in [0.15, 0.2) is 5.78 Å². The highest BCUT2D eigenvalue weighted by Gasteiger charge is 2.31. The SMILES string of the molecule is COc1cccc2[nH]c(C(=O)C[C@@H](CC(C)C)C(=O)N[C@H](/C=C(/C#N)C(=O)NCc3ccccc3)CC3CCNC3=O)cc12. The number of carbonyl (C=O) groups excluding carboxylic acids is 4. The van der Waals surface area contributed by atoms with E-state index < -0.39 is 17.9 Å². The molecule has 0 bridgehead atoms. The van der Waals surface area contributed by atoms with Gasteiger partial charge in [0.1, 0.15) is 17.4 Å². The molecule has 1 unspecified atom stereocenters. The van der Waals surface area contributed by atoms with Gasteiger partial charge in [0.05, 0.1) is 12.8 Å². The van der Waals surface area contributed by atoms with Crippen LogP contribution in [0.4, 0.5) is 0 Å². The first-order chi connectivity index (χ1) is 21.2. The van der Waals surface area contributed by atoms with Crippen LogP contribution in [0.2, 0.25) is 0 Å². The van der Waals surface area contributed by atoms with E-state index >= 15 is 0 Å². The van der Waals surface area contributed by atoms with Crippen LogP contribution in [0.15, 0.2) is 66.2 Å². The average molecular weight is 598 g/mol. The lowest BCUT2D eigenvalue weighted by molar-refractivity contribution is -0.127. The van der Waals surface area contributed by atoms with Crippen molar-refractivity contribution in [3.63, 3.8) is 0 Å². The number of rotatable bonds is 14. The Bertz CT molecular complexity index is 1570. The van der Waals surface area contributed by atoms with Crippen LogP contribution in [0.3, 0.4) is 0 Å². The summed E-state index contributed by atoms with van der Waals surface area (Å²) in [5, 5.41) is 19.1. The van der Waals surface area contributed by atoms with Gasteiger partial charge in [-0.2, -0.15) is 5.26 Å². The van der Waals surface area contributed by atoms with E-state index in [1.165, 1.54) is 6.08 Å². The van der Waals surface area contributed by atoms with Crippen LogP contribution >= 0.6 is 0 Å². The summed E-state index contributed by atoms with van der Waals surface area (Å²) in [6.07, 6.45) is 2.63. The maximum Gasteiger partial charge on any atom is 0.261 e. The second-order valence-electron chi connectivity index (χ2n) is 11.5. The molecule has 2 aromatic carbocycles. The third-order valence-corrected chi connectivity index (χ3v) is 7.76. The van der Waals surface area contributed by atoms with E-state index in [9.17, 15) is 24.4 Å². The molecule has 10 nitrogen and oxygen atoms in total. The minimum atomic E-state index is -0.768. The number of nitriles is 1. The number of Topliss-reactive ketones (excluding diaryl/α,β-unsaturated/α-hetero) is 1. The number of methoxy groups -OCH3 is 1. The summed E-state index contributed by atoms with van der Waals surface area (Å²) >= 11 is 0. The van der Waals surface area contributed by atoms with Crippen LogP contribution in [-0.4, -0.2) is 48.2 Å². The highest BCUT2D eigenvalue weighted by molar-refractivity contribution is 6.02. The number of benzene rings is 2. The van der Waals surface area contributed by atoms with E-state index in [2.05, 4.69) is 20.9 Å². The van der Waals surface area contributed by atoms with Crippen LogP contribution < -0.4 is 20.7 Å². The number of amides is 3. The number of carbonyl (C=O) groups is 4. The maximum absolute atomic E-state index is 13.7. The van der Waals surface area contributed by atoms with Crippen LogP contribution in [0.5, 0.6) is 5.75 Å². The summed E-state index contributed by atoms with van der Waals surface area (Å²) in [4.78, 5) is 55.6. The normalized spacial score (nSPS) is 16.2. The minimum absolute atomic E-state index is 0.0395. The largest absolute Gasteiger partial charge is 0.496 e. The van der Waals surface area contributed by atoms with E-state index in [1.807, 2.05) is 68.4 Å². The second-order valence-corrected chi connectivity index (χ2v) is 11.5. The van der Waals surface area contributed by atoms with Gasteiger partial charge in [-0.05, 0) is 55.0 Å². The lowest BCUT2D eigenvalue weighted by Crippen LogP contribution is -2.41. The molecule has 0 aliphatic carbocycles. The van der Waals surface area contributed by atoms with Crippen LogP contribution in [0.25, 0.3) is 10.9 Å². The monoisotopic (exact) mass is 597 g/mol. The zero-order valence-electron chi connectivity index (χ0n) is 25.3. The van der Waals surface area contributed by atoms with Crippen molar-refractivity contribution in [1.29, 1.82) is 5.26 Å². The van der Waals surface area contributed by atoms with Crippen molar-refractivity contribution in [3.8, 4) is 11.8 Å². The third kappa shape index (κ3) is 8.34. The molecule has 1 fully saturated rings. The molecule has 2 heterocycles. The van der Waals surface area contributed by atoms with Gasteiger partial charge in [-0.1, -0.05) is 50.2 Å². The van der Waals surface area contributed by atoms with Gasteiger partial charge < -0.3 is 25.7 Å². The predicted molar refractivity (Wildman–Crippen MR) is 166 cm³/mol. The maximum atomic E-state index is 13.7. The molecule has 3 amide bonds. The highest BCUT2D eigenvalue weighted by atomic mass is 16.5. The molecule has 4 N–H and O–H groups in total. The third-order valence-electron chi connectivity index (χ3n) is 7.76. The number of fused-ring (bicyclic) bond motifs is 1. The van der Waals surface area contributed by atoms with Gasteiger partial charge in [0.2, 0.25) is 11.8 Å². The van der Waals surface area contributed by atoms with Crippen LogP contribution in [0.1, 0.15) is 55.6 Å². The fourth-order valence-corrected chi connectivity index (χ4v) is 5.53. The van der Waals surface area contributed by atoms with Crippen molar-refractivity contribution in [2.24, 2.45) is 17.8 Å². The molecule has 1 aliphatic rings. The lowest BCUT2D eigenvalue weighted by Gasteiger charge is -2.23. The van der Waals surface area contributed by atoms with Gasteiger partial charge in [-0.15, -0.1) is 0 Å². The van der Waals surface area contributed by atoms with Crippen molar-refractivity contribution >= 4 is 34.4 Å². The number of aromatic amines is 1. The molecule has 4 rings (SSSR count). The molecule has 3 atom stereocenters. The fourth-order valence-electron chi connectivity index (χ4n) is 5.53. The molecular formula is C34H39N5O5. The number of aromatic nitrogens is 1. The minimum Gasteiger partial charge on any atom is -0.496 e. The van der Waals surface area contributed by atoms with Crippen molar-refractivity contribution in [3.05, 3.63) is 77.5 Å². The van der Waals surface area contributed by atoms with E-state index in [1.54, 1.807) is 13.2 Å². The molecule has 44 heavy (non-hydrogen) atoms. The Kier molecular flexibility index (Phi) is 10.9. The average Bonchev–Trinajstić information content (AvgIpc) is 3.64. The van der Waals surface area contributed by atoms with Crippen molar-refractivity contribution in [1.82, 2.24) is 20.9 Å². The number of ketones is 1. The summed E-state index contributed by atoms with van der Waals surface area (Å²) in [6, 6.07) is 17.7. The molecule has 0 radical (unpaired) electrons. The van der Waals surface area contributed by atoms with Crippen molar-refractivity contribution in [2.75, 3.05) is 13.7 Å². The molecule has 0 saturated carbocycles. The lowest BCUT2D eigenvalue weighted by atomic mass is 9.90. The standard InChI is InChI=1S/C34H39N5O5/c1-21(2)14-24(17-30(40)29-18-27-28(39-29)10-7-11-31(27)44-3)34(43)38-26(15-23-12-13-36-32(23)41)16-25(19-35)33(42)37-20-22-8-5-4-6-9-22/h4-11,16,18,21,23-24,26,39H,12-15,17,20H2,1-3H3,(H,36,41)(H,37,42)(H,38,43)/b25-16-/t23?,24-,26+/m1/s1. The van der Waals surface area contributed by atoms with Crippen LogP contribution in [0, 0.1) is 29.1 Å². The van der Waals surface area contributed by atoms with Crippen molar-refractivity contribution < 1.29 is 23.9 Å². The van der Waals surface area contributed by atoms with Gasteiger partial charge >= 0.3 is 0 Å². The number of ether oxygens (including phenoxy) is 1. The summed E-state index contributed by atoms with van der Waals surface area (Å²) in [5.74, 6) is -1.58. The molecule has 230 valence electrons. The Labute approximate surface area is 257 Å². The molecular weight excluding hydrogens is 558 g/mol. The number of nitrogens with zero attached hydrogens (tertiary/aromatic N) is 1. The quantitative estimate of drug-likeness (QED) is 0.124. The summed E-state index contributed by atoms with van der Waals surface area (Å²) in [5.41, 5.74) is 1.85. The van der Waals surface area contributed by atoms with E-state index in [-0.39, 0.29) is 54.4 Å². The van der Waals surface area contributed by atoms with E-state index in [0.717, 1.165) is 16.5 Å².